The van der Waals surface area contributed by atoms with Crippen LogP contribution in [0.1, 0.15) is 41.9 Å². The highest BCUT2D eigenvalue weighted by Gasteiger charge is 2.22. The van der Waals surface area contributed by atoms with Crippen molar-refractivity contribution in [1.29, 1.82) is 0 Å². The Hall–Kier alpha value is -2.78. The molecule has 0 saturated heterocycles. The number of carboxylic acid groups (broad SMARTS) is 1. The minimum absolute atomic E-state index is 0. The van der Waals surface area contributed by atoms with Gasteiger partial charge in [-0.1, -0.05) is 30.2 Å². The Bertz CT molecular complexity index is 1170. The van der Waals surface area contributed by atoms with Crippen LogP contribution in [0.5, 0.6) is 0 Å². The molecule has 5 N–H and O–H groups in total. The number of aryl methyl sites for hydroxylation is 1. The van der Waals surface area contributed by atoms with E-state index in [0.717, 1.165) is 35.6 Å². The molecule has 0 fully saturated rings. The number of benzene rings is 2. The molecule has 2 heterocycles. The molecular formula is C24H28Cl2FN5O2. The van der Waals surface area contributed by atoms with Crippen LogP contribution in [0, 0.1) is 12.7 Å². The molecule has 0 aliphatic carbocycles. The van der Waals surface area contributed by atoms with E-state index < -0.39 is 12.0 Å². The highest BCUT2D eigenvalue weighted by atomic mass is 35.5. The topological polar surface area (TPSA) is 120 Å². The van der Waals surface area contributed by atoms with E-state index in [0.29, 0.717) is 35.8 Å². The minimum Gasteiger partial charge on any atom is -0.480 e. The summed E-state index contributed by atoms with van der Waals surface area (Å²) in [6.45, 7) is 2.99. The van der Waals surface area contributed by atoms with Crippen molar-refractivity contribution in [3.8, 4) is 5.69 Å². The van der Waals surface area contributed by atoms with Crippen LogP contribution in [-0.2, 0) is 11.3 Å². The van der Waals surface area contributed by atoms with Gasteiger partial charge in [0, 0.05) is 16.1 Å². The fraction of sp³-hybridized carbons (Fsp3) is 0.292. The van der Waals surface area contributed by atoms with Gasteiger partial charge >= 0.3 is 5.97 Å². The fourth-order valence-corrected chi connectivity index (χ4v) is 3.76. The molecular weight excluding hydrogens is 480 g/mol. The summed E-state index contributed by atoms with van der Waals surface area (Å²) in [5.74, 6) is -0.357. The SMILES string of the molecule is Cc1ncc2n1-c1ccc(Cl)cc1C(c1ccccc1F)=NC2.Cl.NCCCC[C@H](N)C(=O)O. The van der Waals surface area contributed by atoms with Gasteiger partial charge < -0.3 is 16.6 Å². The standard InChI is InChI=1S/C18H13ClFN3.C6H14N2O2.ClH/c1-11-21-9-13-10-22-18(14-4-2-3-5-16(14)20)15-8-12(19)6-7-17(15)23(11)13;7-4-2-1-3-5(8)6(9)10;/h2-9H,10H2,1H3;5H,1-4,7-8H2,(H,9,10);1H/t;5-;/m.0./s1. The third-order valence-corrected chi connectivity index (χ3v) is 5.52. The zero-order chi connectivity index (χ0) is 24.0. The third kappa shape index (κ3) is 6.42. The first kappa shape index (κ1) is 27.5. The van der Waals surface area contributed by atoms with Crippen molar-refractivity contribution in [1.82, 2.24) is 9.55 Å². The molecule has 1 aromatic heterocycles. The lowest BCUT2D eigenvalue weighted by Gasteiger charge is -2.14. The maximum atomic E-state index is 14.3. The summed E-state index contributed by atoms with van der Waals surface area (Å²) in [7, 11) is 0. The molecule has 1 atom stereocenters. The van der Waals surface area contributed by atoms with Gasteiger partial charge in [0.25, 0.3) is 0 Å². The van der Waals surface area contributed by atoms with Crippen molar-refractivity contribution in [2.45, 2.75) is 38.8 Å². The van der Waals surface area contributed by atoms with Crippen molar-refractivity contribution < 1.29 is 14.3 Å². The number of hydrogen-bond acceptors (Lipinski definition) is 5. The van der Waals surface area contributed by atoms with Gasteiger partial charge in [0.1, 0.15) is 17.7 Å². The summed E-state index contributed by atoms with van der Waals surface area (Å²) < 4.78 is 16.3. The molecule has 10 heteroatoms. The maximum absolute atomic E-state index is 14.3. The number of aliphatic carboxylic acids is 1. The Morgan fingerprint density at radius 2 is 1.97 bits per heavy atom. The van der Waals surface area contributed by atoms with E-state index >= 15 is 0 Å². The summed E-state index contributed by atoms with van der Waals surface area (Å²) in [6, 6.07) is 11.5. The number of nitrogens with zero attached hydrogens (tertiary/aromatic N) is 3. The second-order valence-corrected chi connectivity index (χ2v) is 8.10. The van der Waals surface area contributed by atoms with Gasteiger partial charge in [-0.15, -0.1) is 12.4 Å². The lowest BCUT2D eigenvalue weighted by Crippen LogP contribution is -2.29. The number of rotatable bonds is 6. The van der Waals surface area contributed by atoms with Crippen molar-refractivity contribution in [2.24, 2.45) is 16.5 Å². The molecule has 0 radical (unpaired) electrons. The molecule has 0 spiro atoms. The summed E-state index contributed by atoms with van der Waals surface area (Å²) in [5, 5.41) is 8.92. The molecule has 7 nitrogen and oxygen atoms in total. The summed E-state index contributed by atoms with van der Waals surface area (Å²) >= 11 is 6.19. The molecule has 34 heavy (non-hydrogen) atoms. The molecule has 3 aromatic rings. The monoisotopic (exact) mass is 507 g/mol. The number of aromatic nitrogens is 2. The summed E-state index contributed by atoms with van der Waals surface area (Å²) in [4.78, 5) is 19.1. The average Bonchev–Trinajstić information content (AvgIpc) is 3.07. The van der Waals surface area contributed by atoms with Crippen LogP contribution >= 0.6 is 24.0 Å². The van der Waals surface area contributed by atoms with Crippen molar-refractivity contribution in [3.05, 3.63) is 82.1 Å². The van der Waals surface area contributed by atoms with Gasteiger partial charge in [-0.25, -0.2) is 9.37 Å². The van der Waals surface area contributed by atoms with Gasteiger partial charge in [-0.2, -0.15) is 0 Å². The molecule has 0 bridgehead atoms. The van der Waals surface area contributed by atoms with E-state index in [4.69, 9.17) is 28.2 Å². The zero-order valence-corrected chi connectivity index (χ0v) is 20.3. The Morgan fingerprint density at radius 3 is 2.65 bits per heavy atom. The van der Waals surface area contributed by atoms with Crippen molar-refractivity contribution >= 4 is 35.7 Å². The van der Waals surface area contributed by atoms with E-state index in [2.05, 4.69) is 9.98 Å². The summed E-state index contributed by atoms with van der Waals surface area (Å²) in [6.07, 6.45) is 3.97. The number of carboxylic acids is 1. The first-order chi connectivity index (χ1) is 15.8. The highest BCUT2D eigenvalue weighted by Crippen LogP contribution is 2.29. The normalized spacial score (nSPS) is 12.7. The highest BCUT2D eigenvalue weighted by molar-refractivity contribution is 6.31. The number of halogens is 3. The number of imidazole rings is 1. The Morgan fingerprint density at radius 1 is 1.24 bits per heavy atom. The smallest absolute Gasteiger partial charge is 0.320 e. The van der Waals surface area contributed by atoms with Crippen LogP contribution in [0.4, 0.5) is 4.39 Å². The van der Waals surface area contributed by atoms with Gasteiger partial charge in [-0.3, -0.25) is 14.4 Å². The number of carbonyl (C=O) groups is 1. The zero-order valence-electron chi connectivity index (χ0n) is 18.7. The molecule has 0 amide bonds. The second kappa shape index (κ2) is 12.6. The van der Waals surface area contributed by atoms with E-state index in [1.165, 1.54) is 6.07 Å². The number of hydrogen-bond donors (Lipinski definition) is 3. The van der Waals surface area contributed by atoms with E-state index in [-0.39, 0.29) is 18.2 Å². The van der Waals surface area contributed by atoms with Gasteiger partial charge in [0.15, 0.2) is 0 Å². The average molecular weight is 508 g/mol. The van der Waals surface area contributed by atoms with Crippen LogP contribution in [0.25, 0.3) is 5.69 Å². The number of nitrogens with two attached hydrogens (primary N) is 2. The molecule has 0 saturated carbocycles. The third-order valence-electron chi connectivity index (χ3n) is 5.28. The molecule has 0 unspecified atom stereocenters. The lowest BCUT2D eigenvalue weighted by atomic mass is 10.00. The number of aliphatic imine (C=N–C) groups is 1. The predicted octanol–water partition coefficient (Wildman–Crippen LogP) is 4.27. The van der Waals surface area contributed by atoms with Crippen molar-refractivity contribution in [3.63, 3.8) is 0 Å². The van der Waals surface area contributed by atoms with Crippen LogP contribution < -0.4 is 11.5 Å². The van der Waals surface area contributed by atoms with E-state index in [1.807, 2.05) is 42.0 Å². The van der Waals surface area contributed by atoms with Gasteiger partial charge in [0.2, 0.25) is 0 Å². The second-order valence-electron chi connectivity index (χ2n) is 7.67. The van der Waals surface area contributed by atoms with Crippen LogP contribution in [0.15, 0.2) is 53.7 Å². The molecule has 182 valence electrons. The Balaban J connectivity index is 0.000000320. The first-order valence-corrected chi connectivity index (χ1v) is 11.0. The van der Waals surface area contributed by atoms with E-state index in [9.17, 15) is 9.18 Å². The molecule has 4 rings (SSSR count). The van der Waals surface area contributed by atoms with E-state index in [1.54, 1.807) is 12.1 Å². The molecule has 2 aromatic carbocycles. The lowest BCUT2D eigenvalue weighted by molar-refractivity contribution is -0.138. The quantitative estimate of drug-likeness (QED) is 0.430. The van der Waals surface area contributed by atoms with Crippen LogP contribution in [0.2, 0.25) is 5.02 Å². The molecule has 1 aliphatic rings. The fourth-order valence-electron chi connectivity index (χ4n) is 3.59. The first-order valence-electron chi connectivity index (χ1n) is 10.6. The van der Waals surface area contributed by atoms with Crippen LogP contribution in [0.3, 0.4) is 0 Å². The number of unbranched alkanes of at least 4 members (excludes halogenated alkanes) is 1. The Labute approximate surface area is 209 Å². The van der Waals surface area contributed by atoms with Crippen LogP contribution in [-0.4, -0.2) is 38.9 Å². The predicted molar refractivity (Wildman–Crippen MR) is 135 cm³/mol. The maximum Gasteiger partial charge on any atom is 0.320 e. The molecule has 1 aliphatic heterocycles. The Kier molecular flexibility index (Phi) is 10.2. The van der Waals surface area contributed by atoms with Crippen molar-refractivity contribution in [2.75, 3.05) is 6.54 Å². The van der Waals surface area contributed by atoms with Gasteiger partial charge in [0.05, 0.1) is 29.8 Å². The largest absolute Gasteiger partial charge is 0.480 e. The van der Waals surface area contributed by atoms with Gasteiger partial charge in [-0.05, 0) is 56.6 Å². The number of fused-ring (bicyclic) bond motifs is 3. The minimum atomic E-state index is -0.933. The summed E-state index contributed by atoms with van der Waals surface area (Å²) in [5.41, 5.74) is 14.2.